The molecule has 3 aliphatic heterocycles. The van der Waals surface area contributed by atoms with E-state index in [4.69, 9.17) is 13.8 Å². The van der Waals surface area contributed by atoms with Gasteiger partial charge in [-0.2, -0.15) is 0 Å². The van der Waals surface area contributed by atoms with Gasteiger partial charge in [-0.1, -0.05) is 159 Å². The Morgan fingerprint density at radius 2 is 1.31 bits per heavy atom. The number of rotatable bonds is 5. The molecule has 0 spiro atoms. The predicted octanol–water partition coefficient (Wildman–Crippen LogP) is 7.69. The van der Waals surface area contributed by atoms with Crippen molar-refractivity contribution in [1.29, 1.82) is 0 Å². The average molecular weight is 679 g/mol. The molecule has 246 valence electrons. The van der Waals surface area contributed by atoms with Gasteiger partial charge in [0.05, 0.1) is 23.5 Å². The van der Waals surface area contributed by atoms with Gasteiger partial charge in [-0.15, -0.1) is 0 Å². The maximum Gasteiger partial charge on any atom is 0.211 e. The summed E-state index contributed by atoms with van der Waals surface area (Å²) in [5, 5.41) is 4.49. The fourth-order valence-electron chi connectivity index (χ4n) is 8.70. The Balaban J connectivity index is 1.26. The standard InChI is InChI=1S/C46H37N3OSi/c1-46(2)36-23-9-14-29-42(36)50-44-37(46)24-16-30-43(44)51(33-18-5-3-6-19-33,34-20-7-4-8-21-34)35-22-15-17-32(31-35)48-40-27-12-13-28-41(40)49-39-26-11-10-25-38(39)47-45(48)49/h3-31,38-39H,1-2H3/i1D3. The zero-order valence-corrected chi connectivity index (χ0v) is 29.1. The first-order chi connectivity index (χ1) is 26.3. The van der Waals surface area contributed by atoms with Crippen LogP contribution in [-0.2, 0) is 5.41 Å². The molecule has 0 radical (unpaired) electrons. The van der Waals surface area contributed by atoms with E-state index in [1.807, 2.05) is 43.3 Å². The number of para-hydroxylation sites is 4. The van der Waals surface area contributed by atoms with Gasteiger partial charge in [0.2, 0.25) is 5.96 Å². The van der Waals surface area contributed by atoms with Gasteiger partial charge in [-0.25, -0.2) is 4.99 Å². The molecule has 6 aromatic rings. The number of nitrogens with zero attached hydrogens (tertiary/aromatic N) is 3. The van der Waals surface area contributed by atoms with E-state index in [1.54, 1.807) is 0 Å². The van der Waals surface area contributed by atoms with Crippen LogP contribution in [0.2, 0.25) is 0 Å². The van der Waals surface area contributed by atoms with Crippen LogP contribution in [0.25, 0.3) is 0 Å². The molecular formula is C46H37N3OSi. The summed E-state index contributed by atoms with van der Waals surface area (Å²) < 4.78 is 33.9. The number of allylic oxidation sites excluding steroid dienone is 2. The normalized spacial score (nSPS) is 22.0. The molecule has 3 atom stereocenters. The van der Waals surface area contributed by atoms with E-state index in [2.05, 4.69) is 149 Å². The van der Waals surface area contributed by atoms with Crippen molar-refractivity contribution in [3.63, 3.8) is 0 Å². The smallest absolute Gasteiger partial charge is 0.211 e. The third-order valence-electron chi connectivity index (χ3n) is 11.0. The zero-order chi connectivity index (χ0) is 36.7. The second-order valence-corrected chi connectivity index (χ2v) is 17.6. The van der Waals surface area contributed by atoms with Crippen molar-refractivity contribution in [1.82, 2.24) is 0 Å². The van der Waals surface area contributed by atoms with Crippen LogP contribution in [0, 0.1) is 0 Å². The molecule has 51 heavy (non-hydrogen) atoms. The molecule has 0 amide bonds. The largest absolute Gasteiger partial charge is 0.457 e. The molecule has 10 rings (SSSR count). The average Bonchev–Trinajstić information content (AvgIpc) is 3.74. The van der Waals surface area contributed by atoms with Crippen molar-refractivity contribution in [2.24, 2.45) is 4.99 Å². The van der Waals surface area contributed by atoms with E-state index in [-0.39, 0.29) is 12.1 Å². The third-order valence-corrected chi connectivity index (χ3v) is 15.8. The summed E-state index contributed by atoms with van der Waals surface area (Å²) in [6, 6.07) is 52.8. The molecule has 4 nitrogen and oxygen atoms in total. The van der Waals surface area contributed by atoms with Crippen molar-refractivity contribution in [3.05, 3.63) is 187 Å². The van der Waals surface area contributed by atoms with Crippen LogP contribution < -0.4 is 35.3 Å². The summed E-state index contributed by atoms with van der Waals surface area (Å²) in [5.74, 6) is 2.11. The molecule has 6 aromatic carbocycles. The number of benzene rings is 6. The minimum atomic E-state index is -3.27. The molecule has 0 saturated heterocycles. The van der Waals surface area contributed by atoms with Gasteiger partial charge in [0.15, 0.2) is 8.07 Å². The molecule has 5 heteroatoms. The summed E-state index contributed by atoms with van der Waals surface area (Å²) in [6.07, 6.45) is 8.62. The van der Waals surface area contributed by atoms with E-state index in [0.717, 1.165) is 33.4 Å². The third kappa shape index (κ3) is 4.28. The molecule has 0 fully saturated rings. The molecule has 3 unspecified atom stereocenters. The van der Waals surface area contributed by atoms with Crippen LogP contribution in [0.5, 0.6) is 11.5 Å². The predicted molar refractivity (Wildman–Crippen MR) is 213 cm³/mol. The SMILES string of the molecule is [2H]C([2H])([2H])C1(C)c2ccccc2Oc2c1cccc2[Si](c1ccccc1)(c1ccccc1)c1cccc(N2C3=NC4C=CC=CC4N3c3ccccc32)c1. The molecule has 0 bridgehead atoms. The highest BCUT2D eigenvalue weighted by Gasteiger charge is 2.48. The summed E-state index contributed by atoms with van der Waals surface area (Å²) in [7, 11) is -3.27. The Labute approximate surface area is 304 Å². The number of anilines is 3. The van der Waals surface area contributed by atoms with Crippen LogP contribution in [0.4, 0.5) is 17.1 Å². The summed E-state index contributed by atoms with van der Waals surface area (Å²) >= 11 is 0. The minimum absolute atomic E-state index is 0.0366. The number of fused-ring (bicyclic) bond motifs is 7. The number of aliphatic imine (C=N–C) groups is 1. The maximum atomic E-state index is 8.97. The first kappa shape index (κ1) is 26.9. The molecule has 3 heterocycles. The first-order valence-corrected chi connectivity index (χ1v) is 19.6. The lowest BCUT2D eigenvalue weighted by Gasteiger charge is -2.40. The zero-order valence-electron chi connectivity index (χ0n) is 31.1. The van der Waals surface area contributed by atoms with Crippen molar-refractivity contribution in [3.8, 4) is 11.5 Å². The van der Waals surface area contributed by atoms with Gasteiger partial charge >= 0.3 is 0 Å². The fraction of sp³-hybridized carbons (Fsp3) is 0.109. The quantitative estimate of drug-likeness (QED) is 0.138. The number of guanidine groups is 1. The van der Waals surface area contributed by atoms with E-state index < -0.39 is 20.3 Å². The Bertz CT molecular complexity index is 2490. The van der Waals surface area contributed by atoms with Crippen LogP contribution in [0.3, 0.4) is 0 Å². The second-order valence-electron chi connectivity index (χ2n) is 13.8. The first-order valence-electron chi connectivity index (χ1n) is 19.1. The topological polar surface area (TPSA) is 28.1 Å². The van der Waals surface area contributed by atoms with Gasteiger partial charge in [-0.05, 0) is 51.1 Å². The highest BCUT2D eigenvalue weighted by atomic mass is 28.3. The minimum Gasteiger partial charge on any atom is -0.457 e. The van der Waals surface area contributed by atoms with Crippen LogP contribution in [0.15, 0.2) is 181 Å². The summed E-state index contributed by atoms with van der Waals surface area (Å²) in [5.41, 5.74) is 3.28. The van der Waals surface area contributed by atoms with E-state index in [0.29, 0.717) is 22.6 Å². The summed E-state index contributed by atoms with van der Waals surface area (Å²) in [4.78, 5) is 9.96. The molecule has 0 N–H and O–H groups in total. The number of hydrogen-bond acceptors (Lipinski definition) is 4. The van der Waals surface area contributed by atoms with Crippen LogP contribution >= 0.6 is 0 Å². The molecular weight excluding hydrogens is 639 g/mol. The molecule has 0 aromatic heterocycles. The van der Waals surface area contributed by atoms with Gasteiger partial charge < -0.3 is 9.64 Å². The maximum absolute atomic E-state index is 8.97. The molecule has 4 aliphatic rings. The lowest BCUT2D eigenvalue weighted by molar-refractivity contribution is 0.421. The van der Waals surface area contributed by atoms with E-state index in [1.165, 1.54) is 10.4 Å². The van der Waals surface area contributed by atoms with Crippen LogP contribution in [-0.4, -0.2) is 26.1 Å². The Morgan fingerprint density at radius 3 is 2.10 bits per heavy atom. The van der Waals surface area contributed by atoms with Crippen molar-refractivity contribution in [2.45, 2.75) is 31.3 Å². The van der Waals surface area contributed by atoms with Crippen LogP contribution in [0.1, 0.15) is 29.0 Å². The van der Waals surface area contributed by atoms with Gasteiger partial charge in [0.25, 0.3) is 0 Å². The fourth-order valence-corrected chi connectivity index (χ4v) is 13.6. The Morgan fingerprint density at radius 1 is 0.667 bits per heavy atom. The number of hydrogen-bond donors (Lipinski definition) is 0. The van der Waals surface area contributed by atoms with Crippen molar-refractivity contribution < 1.29 is 8.85 Å². The lowest BCUT2D eigenvalue weighted by atomic mass is 9.76. The van der Waals surface area contributed by atoms with Crippen molar-refractivity contribution >= 4 is 51.8 Å². The van der Waals surface area contributed by atoms with Gasteiger partial charge in [0, 0.05) is 26.3 Å². The van der Waals surface area contributed by atoms with Gasteiger partial charge in [0.1, 0.15) is 11.5 Å². The second kappa shape index (κ2) is 11.3. The number of ether oxygens (including phenoxy) is 1. The lowest BCUT2D eigenvalue weighted by Crippen LogP contribution is -2.75. The van der Waals surface area contributed by atoms with E-state index in [9.17, 15) is 0 Å². The summed E-state index contributed by atoms with van der Waals surface area (Å²) in [6.45, 7) is -0.498. The Kier molecular flexibility index (Phi) is 5.96. The Hall–Kier alpha value is -5.91. The molecule has 0 saturated carbocycles. The highest BCUT2D eigenvalue weighted by molar-refractivity contribution is 7.20. The van der Waals surface area contributed by atoms with E-state index >= 15 is 0 Å². The molecule has 1 aliphatic carbocycles. The highest BCUT2D eigenvalue weighted by Crippen LogP contribution is 2.48. The monoisotopic (exact) mass is 678 g/mol. The van der Waals surface area contributed by atoms with Crippen molar-refractivity contribution in [2.75, 3.05) is 9.80 Å². The van der Waals surface area contributed by atoms with Gasteiger partial charge in [-0.3, -0.25) is 4.90 Å².